The van der Waals surface area contributed by atoms with Crippen LogP contribution in [0.1, 0.15) is 105 Å². The molecule has 0 saturated carbocycles. The molecule has 0 aliphatic carbocycles. The molecule has 0 spiro atoms. The predicted molar refractivity (Wildman–Crippen MR) is 247 cm³/mol. The molecular weight excluding hydrogens is 1120 g/mol. The highest BCUT2D eigenvalue weighted by atomic mass is 19.4. The van der Waals surface area contributed by atoms with Gasteiger partial charge in [-0.2, -0.15) is 52.7 Å². The Morgan fingerprint density at radius 2 is 0.463 bits per heavy atom. The van der Waals surface area contributed by atoms with Gasteiger partial charge in [0.05, 0.1) is 48.6 Å². The summed E-state index contributed by atoms with van der Waals surface area (Å²) in [6, 6.07) is -4.97. The molecular formula is C48H72F12N4O16. The SMILES string of the molecule is C[C@@H]1O[C@@H]2C[C@@H]([15NH]C(=O)C(F)(F)F)[C@H]1OCCCCO[C@H]1[C@H](C)O[C@H](C[C@H]1[15NH]C(=O)C(F)(F)F)OCCCCO[C@H]1C[C@@H]([15NH]C(=O)C(F)(F)F)[C@@H](OCCCCO[C@H]3[C@H](C)O[C@H](C[C@H]3[15NH]C(=O)C(F)(F)F)OCCCCO2)[C@H](C)O1. The number of ether oxygens (including phenoxy) is 12. The van der Waals surface area contributed by atoms with E-state index < -0.39 is 146 Å². The van der Waals surface area contributed by atoms with Gasteiger partial charge in [-0.3, -0.25) is 19.2 Å². The molecule has 0 radical (unpaired) electrons. The van der Waals surface area contributed by atoms with E-state index in [0.717, 1.165) is 0 Å². The van der Waals surface area contributed by atoms with Crippen LogP contribution in [-0.4, -0.2) is 199 Å². The van der Waals surface area contributed by atoms with Crippen LogP contribution in [0.15, 0.2) is 0 Å². The van der Waals surface area contributed by atoms with Crippen molar-refractivity contribution in [2.45, 2.75) is 228 Å². The summed E-state index contributed by atoms with van der Waals surface area (Å²) in [5.74, 6) is -8.90. The van der Waals surface area contributed by atoms with Gasteiger partial charge in [-0.05, 0) is 79.1 Å². The fourth-order valence-electron chi connectivity index (χ4n) is 9.72. The maximum atomic E-state index is 13.4. The monoisotopic (exact) mass is 1190 g/mol. The number of alkyl halides is 12. The Labute approximate surface area is 453 Å². The first kappa shape index (κ1) is 67.4. The Morgan fingerprint density at radius 1 is 0.300 bits per heavy atom. The van der Waals surface area contributed by atoms with Crippen molar-refractivity contribution in [3.8, 4) is 0 Å². The van der Waals surface area contributed by atoms with Crippen LogP contribution in [-0.2, 0) is 76.0 Å². The topological polar surface area (TPSA) is 227 Å². The van der Waals surface area contributed by atoms with E-state index in [1.807, 2.05) is 21.3 Å². The van der Waals surface area contributed by atoms with Crippen LogP contribution in [0.3, 0.4) is 0 Å². The summed E-state index contributed by atoms with van der Waals surface area (Å²) < 4.78 is 232. The van der Waals surface area contributed by atoms with Gasteiger partial charge in [0.2, 0.25) is 0 Å². The van der Waals surface area contributed by atoms with E-state index in [0.29, 0.717) is 0 Å². The summed E-state index contributed by atoms with van der Waals surface area (Å²) in [7, 11) is 0. The van der Waals surface area contributed by atoms with E-state index in [1.54, 1.807) is 0 Å². The van der Waals surface area contributed by atoms with Crippen molar-refractivity contribution in [2.24, 2.45) is 0 Å². The standard InChI is InChI=1S/C48H72F12N4O16/c1-25-37-29(61-41(65)45(49,50)51)21-33(77-25)69-13-5-6-14-70-34-23-31(63-43(67)47(55,56)57)39(27(3)79-34)75-19-11-12-20-76-40-28(4)80-36(24-32(40)64-44(68)48(58,59)60)72-16-8-7-15-71-35-22-30(62-42(66)46(52,53)54)38(26(2)78-35)74-18-10-9-17-73-37/h25-40H,5-24H2,1-4H3,(H,61,65)(H,62,66)(H,63,67)(H,64,68)/t25-,26-,27-,28-,29+,30+,31+,32+,33+,34+,35+,36+,37-,38-,39-,40-/m0/s1/i61+1,62+1,63+1,64+1. The van der Waals surface area contributed by atoms with Crippen LogP contribution in [0.2, 0.25) is 0 Å². The summed E-state index contributed by atoms with van der Waals surface area (Å²) in [6.45, 7) is 5.59. The zero-order valence-corrected chi connectivity index (χ0v) is 44.4. The van der Waals surface area contributed by atoms with Gasteiger partial charge in [0.1, 0.15) is 24.4 Å². The average Bonchev–Trinajstić information content (AvgIpc) is 3.34. The average molecular weight is 1190 g/mol. The van der Waals surface area contributed by atoms with Gasteiger partial charge in [-0.1, -0.05) is 0 Å². The van der Waals surface area contributed by atoms with Crippen LogP contribution >= 0.6 is 0 Å². The van der Waals surface area contributed by atoms with E-state index >= 15 is 0 Å². The number of rotatable bonds is 4. The Bertz CT molecular complexity index is 1660. The number of nitrogens with one attached hydrogen (secondary N) is 4. The maximum absolute atomic E-state index is 13.4. The van der Waals surface area contributed by atoms with Crippen LogP contribution in [0.4, 0.5) is 52.7 Å². The highest BCUT2D eigenvalue weighted by Gasteiger charge is 2.49. The van der Waals surface area contributed by atoms with Crippen molar-refractivity contribution >= 4 is 23.6 Å². The van der Waals surface area contributed by atoms with Crippen molar-refractivity contribution in [1.82, 2.24) is 21.3 Å². The lowest BCUT2D eigenvalue weighted by molar-refractivity contribution is -0.241. The Kier molecular flexibility index (Phi) is 26.0. The molecule has 14 saturated heterocycles. The first-order valence-corrected chi connectivity index (χ1v) is 26.6. The largest absolute Gasteiger partial charge is 0.471 e. The molecule has 4 N–H and O–H groups in total. The fraction of sp³-hybridized carbons (Fsp3) is 0.917. The second-order valence-corrected chi connectivity index (χ2v) is 20.0. The van der Waals surface area contributed by atoms with Crippen molar-refractivity contribution in [3.63, 3.8) is 0 Å². The van der Waals surface area contributed by atoms with Crippen molar-refractivity contribution in [3.05, 3.63) is 0 Å². The zero-order chi connectivity index (χ0) is 59.0. The molecule has 16 atom stereocenters. The first-order valence-electron chi connectivity index (χ1n) is 26.6. The van der Waals surface area contributed by atoms with Crippen molar-refractivity contribution < 1.29 is 129 Å². The third-order valence-electron chi connectivity index (χ3n) is 13.6. The zero-order valence-electron chi connectivity index (χ0n) is 44.4. The van der Waals surface area contributed by atoms with Crippen molar-refractivity contribution in [1.29, 1.82) is 0 Å². The summed E-state index contributed by atoms with van der Waals surface area (Å²) in [5.41, 5.74) is 0. The van der Waals surface area contributed by atoms with E-state index in [2.05, 4.69) is 0 Å². The van der Waals surface area contributed by atoms with Gasteiger partial charge >= 0.3 is 48.3 Å². The molecule has 4 amide bonds. The molecule has 14 heterocycles. The van der Waals surface area contributed by atoms with Gasteiger partial charge < -0.3 is 78.1 Å². The number of amides is 4. The molecule has 8 bridgehead atoms. The van der Waals surface area contributed by atoms with E-state index in [1.165, 1.54) is 27.7 Å². The predicted octanol–water partition coefficient (Wildman–Crippen LogP) is 5.46. The molecule has 14 aliphatic heterocycles. The van der Waals surface area contributed by atoms with E-state index in [-0.39, 0.29) is 130 Å². The molecule has 0 aromatic heterocycles. The van der Waals surface area contributed by atoms with Crippen LogP contribution in [0.5, 0.6) is 0 Å². The minimum atomic E-state index is -5.24. The number of halogens is 12. The van der Waals surface area contributed by atoms with Crippen molar-refractivity contribution in [2.75, 3.05) is 52.9 Å². The van der Waals surface area contributed by atoms with Gasteiger partial charge in [-0.25, -0.2) is 0 Å². The molecule has 0 aromatic carbocycles. The van der Waals surface area contributed by atoms with Crippen LogP contribution in [0.25, 0.3) is 0 Å². The normalized spacial score (nSPS) is 35.6. The van der Waals surface area contributed by atoms with E-state index in [4.69, 9.17) is 56.8 Å². The lowest BCUT2D eigenvalue weighted by Gasteiger charge is -2.41. The Balaban J connectivity index is 1.25. The van der Waals surface area contributed by atoms with Crippen LogP contribution in [0, 0.1) is 0 Å². The Hall–Kier alpha value is -3.44. The number of carbonyl (C=O) groups excluding carboxylic acids is 4. The Morgan fingerprint density at radius 3 is 0.625 bits per heavy atom. The first-order chi connectivity index (χ1) is 37.5. The van der Waals surface area contributed by atoms with Gasteiger partial charge in [0.25, 0.3) is 0 Å². The third-order valence-corrected chi connectivity index (χ3v) is 13.6. The van der Waals surface area contributed by atoms with Gasteiger partial charge in [0.15, 0.2) is 25.2 Å². The van der Waals surface area contributed by atoms with Gasteiger partial charge in [-0.15, -0.1) is 0 Å². The molecule has 32 heteroatoms. The molecule has 0 unspecified atom stereocenters. The number of carbonyl (C=O) groups is 4. The molecule has 14 fully saturated rings. The maximum Gasteiger partial charge on any atom is 0.471 e. The molecule has 14 aliphatic rings. The number of hydrogen-bond acceptors (Lipinski definition) is 16. The molecule has 20 nitrogen and oxygen atoms in total. The van der Waals surface area contributed by atoms with Gasteiger partial charge in [0, 0.05) is 78.5 Å². The lowest BCUT2D eigenvalue weighted by Crippen LogP contribution is -2.58. The summed E-state index contributed by atoms with van der Waals surface area (Å²) in [4.78, 5) is 48.4. The van der Waals surface area contributed by atoms with E-state index in [9.17, 15) is 71.9 Å². The molecule has 14 rings (SSSR count). The summed E-state index contributed by atoms with van der Waals surface area (Å²) in [5, 5.41) is 7.79. The summed E-state index contributed by atoms with van der Waals surface area (Å²) >= 11 is 0. The second kappa shape index (κ2) is 30.9. The quantitative estimate of drug-likeness (QED) is 0.203. The smallest absolute Gasteiger partial charge is 0.373 e. The minimum absolute atomic E-state index is 0.0173. The number of hydrogen-bond donors (Lipinski definition) is 4. The lowest BCUT2D eigenvalue weighted by atomic mass is 10.0. The highest BCUT2D eigenvalue weighted by molar-refractivity contribution is 5.83. The third kappa shape index (κ3) is 21.6. The molecule has 464 valence electrons. The molecule has 80 heavy (non-hydrogen) atoms. The van der Waals surface area contributed by atoms with Crippen LogP contribution < -0.4 is 21.3 Å². The minimum Gasteiger partial charge on any atom is -0.373 e. The summed E-state index contributed by atoms with van der Waals surface area (Å²) in [6.07, 6.45) is -32.5. The highest BCUT2D eigenvalue weighted by Crippen LogP contribution is 2.31. The fourth-order valence-corrected chi connectivity index (χ4v) is 9.72. The molecule has 0 aromatic rings. The second-order valence-electron chi connectivity index (χ2n) is 20.0.